The number of carbonyl (C=O) groups is 1. The summed E-state index contributed by atoms with van der Waals surface area (Å²) in [4.78, 5) is 33.1. The lowest BCUT2D eigenvalue weighted by atomic mass is 9.97. The van der Waals surface area contributed by atoms with Crippen LogP contribution in [0.3, 0.4) is 0 Å². The van der Waals surface area contributed by atoms with E-state index in [4.69, 9.17) is 4.98 Å². The molecule has 0 radical (unpaired) electrons. The number of rotatable bonds is 12. The lowest BCUT2D eigenvalue weighted by Crippen LogP contribution is -2.33. The molecule has 0 bridgehead atoms. The van der Waals surface area contributed by atoms with E-state index in [-0.39, 0.29) is 16.7 Å². The number of fused-ring (bicyclic) bond motifs is 1. The van der Waals surface area contributed by atoms with Crippen LogP contribution in [0.25, 0.3) is 10.9 Å². The van der Waals surface area contributed by atoms with Crippen LogP contribution in [0.1, 0.15) is 59.3 Å². The number of amides is 1. The number of benzene rings is 1. The molecule has 3 rings (SSSR count). The van der Waals surface area contributed by atoms with Gasteiger partial charge < -0.3 is 10.2 Å². The van der Waals surface area contributed by atoms with E-state index in [1.54, 1.807) is 4.57 Å². The highest BCUT2D eigenvalue weighted by molar-refractivity contribution is 8.00. The summed E-state index contributed by atoms with van der Waals surface area (Å²) in [6, 6.07) is 7.46. The fourth-order valence-corrected chi connectivity index (χ4v) is 5.22. The van der Waals surface area contributed by atoms with Gasteiger partial charge in [0.2, 0.25) is 5.91 Å². The lowest BCUT2D eigenvalue weighted by molar-refractivity contribution is -0.120. The Balaban J connectivity index is 1.69. The second-order valence-electron chi connectivity index (χ2n) is 8.66. The van der Waals surface area contributed by atoms with Crippen molar-refractivity contribution in [1.29, 1.82) is 0 Å². The zero-order valence-corrected chi connectivity index (χ0v) is 21.1. The topological polar surface area (TPSA) is 67.2 Å². The Bertz CT molecular complexity index is 1010. The third-order valence-electron chi connectivity index (χ3n) is 6.36. The number of nitrogens with one attached hydrogen (secondary N) is 1. The minimum atomic E-state index is -0.326. The van der Waals surface area contributed by atoms with E-state index in [0.717, 1.165) is 45.3 Å². The number of nitrogens with zero attached hydrogens (tertiary/aromatic N) is 3. The molecule has 1 aliphatic rings. The van der Waals surface area contributed by atoms with Crippen molar-refractivity contribution >= 4 is 28.6 Å². The zero-order valence-electron chi connectivity index (χ0n) is 20.3. The molecule has 1 amide bonds. The van der Waals surface area contributed by atoms with Gasteiger partial charge in [0.15, 0.2) is 5.16 Å². The standard InChI is InChI=1S/C26H38N4O2S/c1-4-29(5-2)18-11-19-30-25(32)22-14-9-10-15-23(22)28-26(30)33-20(3)24(31)27-17-16-21-12-7-6-8-13-21/h9-10,12,14-15,20H,4-8,11,13,16-19H2,1-3H3,(H,27,31). The molecule has 0 spiro atoms. The number of allylic oxidation sites excluding steroid dienone is 1. The Morgan fingerprint density at radius 1 is 1.24 bits per heavy atom. The van der Waals surface area contributed by atoms with E-state index < -0.39 is 0 Å². The highest BCUT2D eigenvalue weighted by Crippen LogP contribution is 2.23. The molecule has 1 aromatic heterocycles. The fraction of sp³-hybridized carbons (Fsp3) is 0.577. The molecule has 1 unspecified atom stereocenters. The van der Waals surface area contributed by atoms with Gasteiger partial charge in [-0.05, 0) is 77.2 Å². The van der Waals surface area contributed by atoms with Crippen molar-refractivity contribution < 1.29 is 4.79 Å². The summed E-state index contributed by atoms with van der Waals surface area (Å²) in [5.74, 6) is -0.00601. The predicted octanol–water partition coefficient (Wildman–Crippen LogP) is 4.62. The van der Waals surface area contributed by atoms with Crippen molar-refractivity contribution in [3.05, 3.63) is 46.3 Å². The Kier molecular flexibility index (Phi) is 10.0. The number of hydrogen-bond donors (Lipinski definition) is 1. The van der Waals surface area contributed by atoms with E-state index in [1.165, 1.54) is 30.2 Å². The summed E-state index contributed by atoms with van der Waals surface area (Å²) in [7, 11) is 0. The molecule has 0 fully saturated rings. The number of para-hydroxylation sites is 1. The van der Waals surface area contributed by atoms with Crippen LogP contribution in [-0.4, -0.2) is 51.8 Å². The monoisotopic (exact) mass is 470 g/mol. The van der Waals surface area contributed by atoms with Gasteiger partial charge in [-0.1, -0.05) is 49.4 Å². The van der Waals surface area contributed by atoms with Crippen LogP contribution in [0.5, 0.6) is 0 Å². The maximum Gasteiger partial charge on any atom is 0.262 e. The summed E-state index contributed by atoms with van der Waals surface area (Å²) >= 11 is 1.38. The third-order valence-corrected chi connectivity index (χ3v) is 7.45. The molecule has 0 saturated heterocycles. The van der Waals surface area contributed by atoms with Crippen LogP contribution in [-0.2, 0) is 11.3 Å². The van der Waals surface area contributed by atoms with Gasteiger partial charge in [0.05, 0.1) is 16.2 Å². The molecule has 1 atom stereocenters. The van der Waals surface area contributed by atoms with Crippen LogP contribution < -0.4 is 10.9 Å². The van der Waals surface area contributed by atoms with Gasteiger partial charge in [-0.2, -0.15) is 0 Å². The van der Waals surface area contributed by atoms with E-state index in [9.17, 15) is 9.59 Å². The second kappa shape index (κ2) is 12.9. The minimum absolute atomic E-state index is 0.00601. The van der Waals surface area contributed by atoms with E-state index in [2.05, 4.69) is 30.1 Å². The van der Waals surface area contributed by atoms with E-state index >= 15 is 0 Å². The molecule has 7 heteroatoms. The smallest absolute Gasteiger partial charge is 0.262 e. The van der Waals surface area contributed by atoms with E-state index in [1.807, 2.05) is 31.2 Å². The van der Waals surface area contributed by atoms with Crippen molar-refractivity contribution in [2.45, 2.75) is 76.2 Å². The first-order valence-corrected chi connectivity index (χ1v) is 13.3. The molecule has 1 aliphatic carbocycles. The SMILES string of the molecule is CCN(CC)CCCn1c(SC(C)C(=O)NCCC2=CCCCC2)nc2ccccc2c1=O. The first kappa shape index (κ1) is 25.5. The van der Waals surface area contributed by atoms with Crippen molar-refractivity contribution in [3.8, 4) is 0 Å². The number of thioether (sulfide) groups is 1. The molecule has 1 heterocycles. The number of hydrogen-bond acceptors (Lipinski definition) is 5. The highest BCUT2D eigenvalue weighted by atomic mass is 32.2. The molecular weight excluding hydrogens is 432 g/mol. The Morgan fingerprint density at radius 3 is 2.76 bits per heavy atom. The molecular formula is C26H38N4O2S. The largest absolute Gasteiger partial charge is 0.355 e. The lowest BCUT2D eigenvalue weighted by Gasteiger charge is -2.20. The van der Waals surface area contributed by atoms with Crippen molar-refractivity contribution in [2.75, 3.05) is 26.2 Å². The predicted molar refractivity (Wildman–Crippen MR) is 138 cm³/mol. The summed E-state index contributed by atoms with van der Waals surface area (Å²) < 4.78 is 1.76. The molecule has 6 nitrogen and oxygen atoms in total. The maximum absolute atomic E-state index is 13.3. The average Bonchev–Trinajstić information content (AvgIpc) is 2.84. The summed E-state index contributed by atoms with van der Waals surface area (Å²) in [5.41, 5.74) is 2.11. The van der Waals surface area contributed by atoms with Crippen molar-refractivity contribution in [3.63, 3.8) is 0 Å². The van der Waals surface area contributed by atoms with Crippen LogP contribution in [0.15, 0.2) is 45.9 Å². The van der Waals surface area contributed by atoms with Gasteiger partial charge in [0, 0.05) is 13.1 Å². The summed E-state index contributed by atoms with van der Waals surface area (Å²) in [6.07, 6.45) is 8.96. The first-order valence-electron chi connectivity index (χ1n) is 12.4. The summed E-state index contributed by atoms with van der Waals surface area (Å²) in [5, 5.41) is 3.99. The quantitative estimate of drug-likeness (QED) is 0.279. The fourth-order valence-electron chi connectivity index (χ4n) is 4.26. The second-order valence-corrected chi connectivity index (χ2v) is 9.97. The number of carbonyl (C=O) groups excluding carboxylic acids is 1. The molecule has 0 aliphatic heterocycles. The molecule has 33 heavy (non-hydrogen) atoms. The summed E-state index contributed by atoms with van der Waals surface area (Å²) in [6.45, 7) is 10.4. The highest BCUT2D eigenvalue weighted by Gasteiger charge is 2.19. The van der Waals surface area contributed by atoms with Gasteiger partial charge in [-0.3, -0.25) is 14.2 Å². The molecule has 0 saturated carbocycles. The minimum Gasteiger partial charge on any atom is -0.355 e. The maximum atomic E-state index is 13.3. The van der Waals surface area contributed by atoms with Crippen LogP contribution >= 0.6 is 11.8 Å². The third kappa shape index (κ3) is 7.18. The molecule has 180 valence electrons. The Morgan fingerprint density at radius 2 is 2.03 bits per heavy atom. The van der Waals surface area contributed by atoms with Gasteiger partial charge in [0.1, 0.15) is 0 Å². The first-order chi connectivity index (χ1) is 16.0. The van der Waals surface area contributed by atoms with Crippen LogP contribution in [0.2, 0.25) is 0 Å². The van der Waals surface area contributed by atoms with Gasteiger partial charge in [0.25, 0.3) is 5.56 Å². The molecule has 1 aromatic carbocycles. The van der Waals surface area contributed by atoms with Crippen molar-refractivity contribution in [2.24, 2.45) is 0 Å². The van der Waals surface area contributed by atoms with Crippen molar-refractivity contribution in [1.82, 2.24) is 19.8 Å². The zero-order chi connectivity index (χ0) is 23.6. The van der Waals surface area contributed by atoms with Gasteiger partial charge >= 0.3 is 0 Å². The average molecular weight is 471 g/mol. The van der Waals surface area contributed by atoms with Gasteiger partial charge in [-0.15, -0.1) is 0 Å². The Labute approximate surface area is 201 Å². The molecule has 1 N–H and O–H groups in total. The molecule has 2 aromatic rings. The van der Waals surface area contributed by atoms with Crippen LogP contribution in [0, 0.1) is 0 Å². The normalized spacial score (nSPS) is 15.0. The van der Waals surface area contributed by atoms with E-state index in [0.29, 0.717) is 29.1 Å². The van der Waals surface area contributed by atoms with Gasteiger partial charge in [-0.25, -0.2) is 4.98 Å². The number of aromatic nitrogens is 2. The van der Waals surface area contributed by atoms with Crippen LogP contribution in [0.4, 0.5) is 0 Å². The Hall–Kier alpha value is -2.12.